The molecule has 0 spiro atoms. The Labute approximate surface area is 161 Å². The van der Waals surface area contributed by atoms with Crippen molar-refractivity contribution in [3.8, 4) is 11.5 Å². The van der Waals surface area contributed by atoms with Crippen molar-refractivity contribution in [1.29, 1.82) is 0 Å². The summed E-state index contributed by atoms with van der Waals surface area (Å²) in [5.74, 6) is 1.23. The molecule has 3 N–H and O–H groups in total. The number of phenolic OH excluding ortho intramolecular Hbond substituents is 1. The Hall–Kier alpha value is -2.04. The molecular formula is C23H29NO3. The maximum absolute atomic E-state index is 9.71. The van der Waals surface area contributed by atoms with Crippen LogP contribution in [0.1, 0.15) is 49.7 Å². The van der Waals surface area contributed by atoms with Gasteiger partial charge in [-0.1, -0.05) is 24.3 Å². The number of aromatic hydroxyl groups is 1. The number of phenols is 1. The zero-order valence-electron chi connectivity index (χ0n) is 15.9. The van der Waals surface area contributed by atoms with E-state index in [1.165, 1.54) is 11.1 Å². The van der Waals surface area contributed by atoms with Crippen LogP contribution >= 0.6 is 0 Å². The molecule has 4 nitrogen and oxygen atoms in total. The molecule has 2 fully saturated rings. The SMILES string of the molecule is COC1CCC(c2ccc(O)cc2)(c2ccc(OC3CC(N)C3)cc2)CC1. The quantitative estimate of drug-likeness (QED) is 0.834. The second-order valence-electron chi connectivity index (χ2n) is 8.06. The van der Waals surface area contributed by atoms with Gasteiger partial charge in [-0.25, -0.2) is 0 Å². The van der Waals surface area contributed by atoms with E-state index in [9.17, 15) is 5.11 Å². The van der Waals surface area contributed by atoms with Crippen LogP contribution in [0.5, 0.6) is 11.5 Å². The monoisotopic (exact) mass is 367 g/mol. The third-order valence-electron chi connectivity index (χ3n) is 6.38. The Morgan fingerprint density at radius 2 is 1.44 bits per heavy atom. The molecule has 4 rings (SSSR count). The lowest BCUT2D eigenvalue weighted by Crippen LogP contribution is -2.43. The molecule has 0 amide bonds. The van der Waals surface area contributed by atoms with Gasteiger partial charge in [-0.2, -0.15) is 0 Å². The first kappa shape index (κ1) is 18.3. The minimum atomic E-state index is -0.0416. The number of hydrogen-bond acceptors (Lipinski definition) is 4. The fourth-order valence-electron chi connectivity index (χ4n) is 4.59. The minimum Gasteiger partial charge on any atom is -0.508 e. The predicted octanol–water partition coefficient (Wildman–Crippen LogP) is 4.14. The van der Waals surface area contributed by atoms with E-state index in [0.29, 0.717) is 17.9 Å². The Kier molecular flexibility index (Phi) is 5.11. The van der Waals surface area contributed by atoms with E-state index in [-0.39, 0.29) is 11.5 Å². The summed E-state index contributed by atoms with van der Waals surface area (Å²) in [4.78, 5) is 0. The first-order valence-corrected chi connectivity index (χ1v) is 9.94. The second kappa shape index (κ2) is 7.53. The highest BCUT2D eigenvalue weighted by Gasteiger charge is 2.38. The summed E-state index contributed by atoms with van der Waals surface area (Å²) in [7, 11) is 1.80. The number of rotatable bonds is 5. The van der Waals surface area contributed by atoms with Crippen LogP contribution in [-0.2, 0) is 10.2 Å². The summed E-state index contributed by atoms with van der Waals surface area (Å²) in [5.41, 5.74) is 8.37. The van der Waals surface area contributed by atoms with Gasteiger partial charge in [0.25, 0.3) is 0 Å². The molecule has 0 radical (unpaired) electrons. The highest BCUT2D eigenvalue weighted by molar-refractivity contribution is 5.43. The fourth-order valence-corrected chi connectivity index (χ4v) is 4.59. The standard InChI is InChI=1S/C23H29NO3/c1-26-20-10-12-23(13-11-20,16-2-6-19(25)7-3-16)17-4-8-21(9-5-17)27-22-14-18(24)15-22/h2-9,18,20,22,25H,10-15,24H2,1H3. The summed E-state index contributed by atoms with van der Waals surface area (Å²) in [6.45, 7) is 0. The van der Waals surface area contributed by atoms with Crippen molar-refractivity contribution in [3.63, 3.8) is 0 Å². The summed E-state index contributed by atoms with van der Waals surface area (Å²) in [5, 5.41) is 9.71. The summed E-state index contributed by atoms with van der Waals surface area (Å²) < 4.78 is 11.6. The molecule has 2 aromatic carbocycles. The van der Waals surface area contributed by atoms with E-state index in [1.807, 2.05) is 0 Å². The first-order valence-electron chi connectivity index (χ1n) is 9.94. The van der Waals surface area contributed by atoms with Crippen LogP contribution in [0.3, 0.4) is 0 Å². The number of methoxy groups -OCH3 is 1. The number of nitrogens with two attached hydrogens (primary N) is 1. The molecule has 2 aromatic rings. The van der Waals surface area contributed by atoms with Gasteiger partial charge in [0, 0.05) is 18.6 Å². The lowest BCUT2D eigenvalue weighted by molar-refractivity contribution is 0.0550. The molecular weight excluding hydrogens is 338 g/mol. The van der Waals surface area contributed by atoms with E-state index >= 15 is 0 Å². The molecule has 2 aliphatic carbocycles. The summed E-state index contributed by atoms with van der Waals surface area (Å²) >= 11 is 0. The maximum Gasteiger partial charge on any atom is 0.119 e. The topological polar surface area (TPSA) is 64.7 Å². The van der Waals surface area contributed by atoms with Gasteiger partial charge in [0.05, 0.1) is 6.10 Å². The zero-order valence-corrected chi connectivity index (χ0v) is 15.9. The second-order valence-corrected chi connectivity index (χ2v) is 8.06. The number of ether oxygens (including phenoxy) is 2. The molecule has 2 aliphatic rings. The largest absolute Gasteiger partial charge is 0.508 e. The van der Waals surface area contributed by atoms with Crippen LogP contribution < -0.4 is 10.5 Å². The van der Waals surface area contributed by atoms with Crippen LogP contribution in [0.15, 0.2) is 48.5 Å². The molecule has 144 valence electrons. The minimum absolute atomic E-state index is 0.0416. The van der Waals surface area contributed by atoms with E-state index in [1.54, 1.807) is 19.2 Å². The van der Waals surface area contributed by atoms with Crippen molar-refractivity contribution in [3.05, 3.63) is 59.7 Å². The molecule has 0 atom stereocenters. The van der Waals surface area contributed by atoms with E-state index < -0.39 is 0 Å². The summed E-state index contributed by atoms with van der Waals surface area (Å²) in [6, 6.07) is 16.6. The predicted molar refractivity (Wildman–Crippen MR) is 106 cm³/mol. The Morgan fingerprint density at radius 1 is 0.889 bits per heavy atom. The van der Waals surface area contributed by atoms with E-state index in [2.05, 4.69) is 36.4 Å². The van der Waals surface area contributed by atoms with Gasteiger partial charge in [0.15, 0.2) is 0 Å². The fraction of sp³-hybridized carbons (Fsp3) is 0.478. The van der Waals surface area contributed by atoms with Gasteiger partial charge in [-0.05, 0) is 73.9 Å². The lowest BCUT2D eigenvalue weighted by Gasteiger charge is -2.41. The lowest BCUT2D eigenvalue weighted by atomic mass is 9.64. The Balaban J connectivity index is 1.59. The Morgan fingerprint density at radius 3 is 1.96 bits per heavy atom. The molecule has 4 heteroatoms. The molecule has 2 saturated carbocycles. The maximum atomic E-state index is 9.71. The van der Waals surface area contributed by atoms with Crippen LogP contribution in [0.2, 0.25) is 0 Å². The van der Waals surface area contributed by atoms with Gasteiger partial charge in [-0.3, -0.25) is 0 Å². The average molecular weight is 367 g/mol. The van der Waals surface area contributed by atoms with Crippen molar-refractivity contribution in [2.45, 2.75) is 62.2 Å². The Bertz CT molecular complexity index is 742. The van der Waals surface area contributed by atoms with Crippen molar-refractivity contribution in [2.75, 3.05) is 7.11 Å². The summed E-state index contributed by atoms with van der Waals surface area (Å²) in [6.07, 6.45) is 6.62. The third kappa shape index (κ3) is 3.69. The molecule has 0 aromatic heterocycles. The van der Waals surface area contributed by atoms with Gasteiger partial charge >= 0.3 is 0 Å². The highest BCUT2D eigenvalue weighted by Crippen LogP contribution is 2.46. The van der Waals surface area contributed by atoms with Gasteiger partial charge in [0.2, 0.25) is 0 Å². The van der Waals surface area contributed by atoms with E-state index in [0.717, 1.165) is 44.3 Å². The van der Waals surface area contributed by atoms with Crippen molar-refractivity contribution >= 4 is 0 Å². The van der Waals surface area contributed by atoms with Crippen LogP contribution in [0, 0.1) is 0 Å². The van der Waals surface area contributed by atoms with Crippen LogP contribution in [-0.4, -0.2) is 30.5 Å². The number of hydrogen-bond donors (Lipinski definition) is 2. The molecule has 0 saturated heterocycles. The van der Waals surface area contributed by atoms with Crippen molar-refractivity contribution in [1.82, 2.24) is 0 Å². The molecule has 27 heavy (non-hydrogen) atoms. The van der Waals surface area contributed by atoms with Gasteiger partial charge in [0.1, 0.15) is 17.6 Å². The molecule has 0 heterocycles. The molecule has 0 aliphatic heterocycles. The number of benzene rings is 2. The van der Waals surface area contributed by atoms with Crippen molar-refractivity contribution in [2.24, 2.45) is 5.73 Å². The first-order chi connectivity index (χ1) is 13.1. The zero-order chi connectivity index (χ0) is 18.9. The van der Waals surface area contributed by atoms with Gasteiger partial charge in [-0.15, -0.1) is 0 Å². The highest BCUT2D eigenvalue weighted by atomic mass is 16.5. The van der Waals surface area contributed by atoms with E-state index in [4.69, 9.17) is 15.2 Å². The van der Waals surface area contributed by atoms with Crippen LogP contribution in [0.4, 0.5) is 0 Å². The normalized spacial score (nSPS) is 30.5. The average Bonchev–Trinajstić information content (AvgIpc) is 2.68. The van der Waals surface area contributed by atoms with Gasteiger partial charge < -0.3 is 20.3 Å². The molecule has 0 bridgehead atoms. The third-order valence-corrected chi connectivity index (χ3v) is 6.38. The smallest absolute Gasteiger partial charge is 0.119 e. The van der Waals surface area contributed by atoms with Crippen molar-refractivity contribution < 1.29 is 14.6 Å². The van der Waals surface area contributed by atoms with Crippen LogP contribution in [0.25, 0.3) is 0 Å². The molecule has 0 unspecified atom stereocenters.